The molecule has 0 radical (unpaired) electrons. The van der Waals surface area contributed by atoms with Crippen molar-refractivity contribution in [2.75, 3.05) is 26.2 Å². The molecule has 0 unspecified atom stereocenters. The molecule has 5 nitrogen and oxygen atoms in total. The molecule has 3 N–H and O–H groups in total. The van der Waals surface area contributed by atoms with Gasteiger partial charge in [-0.05, 0) is 12.0 Å². The third-order valence-corrected chi connectivity index (χ3v) is 3.88. The second-order valence-corrected chi connectivity index (χ2v) is 6.49. The maximum absolute atomic E-state index is 12.0. The van der Waals surface area contributed by atoms with Gasteiger partial charge in [-0.3, -0.25) is 0 Å². The normalized spacial score (nSPS) is 14.2. The largest absolute Gasteiger partial charge is 0.402 e. The molecule has 0 fully saturated rings. The van der Waals surface area contributed by atoms with E-state index >= 15 is 0 Å². The Balaban J connectivity index is 4.74. The van der Waals surface area contributed by atoms with Crippen molar-refractivity contribution < 1.29 is 21.6 Å². The van der Waals surface area contributed by atoms with Crippen molar-refractivity contribution in [3.8, 4) is 0 Å². The first-order valence-electron chi connectivity index (χ1n) is 5.45. The van der Waals surface area contributed by atoms with Crippen molar-refractivity contribution in [1.82, 2.24) is 9.03 Å². The number of halogens is 3. The molecule has 0 heterocycles. The molecule has 0 aliphatic carbocycles. The zero-order valence-corrected chi connectivity index (χ0v) is 11.5. The lowest BCUT2D eigenvalue weighted by molar-refractivity contribution is -0.121. The van der Waals surface area contributed by atoms with E-state index in [1.54, 1.807) is 20.8 Å². The third-order valence-electron chi connectivity index (χ3n) is 2.30. The van der Waals surface area contributed by atoms with E-state index < -0.39 is 28.3 Å². The van der Waals surface area contributed by atoms with Gasteiger partial charge in [0.25, 0.3) is 10.2 Å². The van der Waals surface area contributed by atoms with Gasteiger partial charge in [0, 0.05) is 13.1 Å². The van der Waals surface area contributed by atoms with Crippen molar-refractivity contribution in [2.24, 2.45) is 11.1 Å². The Kier molecular flexibility index (Phi) is 6.05. The lowest BCUT2D eigenvalue weighted by atomic mass is 9.94. The first-order chi connectivity index (χ1) is 7.93. The molecular formula is C9H20F3N3O2S. The summed E-state index contributed by atoms with van der Waals surface area (Å²) in [5.41, 5.74) is 4.98. The van der Waals surface area contributed by atoms with Crippen LogP contribution in [0.3, 0.4) is 0 Å². The highest BCUT2D eigenvalue weighted by Crippen LogP contribution is 2.18. The molecule has 0 aromatic rings. The monoisotopic (exact) mass is 291 g/mol. The van der Waals surface area contributed by atoms with Gasteiger partial charge in [-0.1, -0.05) is 20.8 Å². The summed E-state index contributed by atoms with van der Waals surface area (Å²) in [4.78, 5) is 0. The van der Waals surface area contributed by atoms with Crippen LogP contribution in [0.25, 0.3) is 0 Å². The Bertz CT molecular complexity index is 355. The minimum absolute atomic E-state index is 0.0627. The summed E-state index contributed by atoms with van der Waals surface area (Å²) in [7, 11) is -4.14. The van der Waals surface area contributed by atoms with Crippen molar-refractivity contribution >= 4 is 10.2 Å². The molecule has 0 spiro atoms. The van der Waals surface area contributed by atoms with Crippen LogP contribution in [0.4, 0.5) is 13.2 Å². The SMILES string of the molecule is CCN(CC(C)(C)CN)S(=O)(=O)NCC(F)(F)F. The van der Waals surface area contributed by atoms with E-state index in [1.165, 1.54) is 4.72 Å². The lowest BCUT2D eigenvalue weighted by Gasteiger charge is -2.30. The number of rotatable bonds is 7. The first kappa shape index (κ1) is 17.6. The summed E-state index contributed by atoms with van der Waals surface area (Å²) >= 11 is 0. The van der Waals surface area contributed by atoms with Crippen molar-refractivity contribution in [3.05, 3.63) is 0 Å². The Labute approximate surface area is 106 Å². The maximum Gasteiger partial charge on any atom is 0.402 e. The summed E-state index contributed by atoms with van der Waals surface area (Å²) in [6, 6.07) is 0. The van der Waals surface area contributed by atoms with Crippen LogP contribution in [0.15, 0.2) is 0 Å². The standard InChI is InChI=1S/C9H20F3N3O2S/c1-4-15(7-8(2,3)5-13)18(16,17)14-6-9(10,11)12/h14H,4-7,13H2,1-3H3. The second-order valence-electron chi connectivity index (χ2n) is 4.74. The predicted molar refractivity (Wildman–Crippen MR) is 63.1 cm³/mol. The van der Waals surface area contributed by atoms with Gasteiger partial charge in [0.05, 0.1) is 0 Å². The second kappa shape index (κ2) is 6.18. The Morgan fingerprint density at radius 3 is 2.11 bits per heavy atom. The molecule has 18 heavy (non-hydrogen) atoms. The first-order valence-corrected chi connectivity index (χ1v) is 6.89. The van der Waals surface area contributed by atoms with Crippen molar-refractivity contribution in [2.45, 2.75) is 26.9 Å². The topological polar surface area (TPSA) is 75.4 Å². The molecule has 0 atom stereocenters. The van der Waals surface area contributed by atoms with Crippen LogP contribution in [-0.2, 0) is 10.2 Å². The van der Waals surface area contributed by atoms with Crippen LogP contribution in [0.5, 0.6) is 0 Å². The highest BCUT2D eigenvalue weighted by Gasteiger charge is 2.33. The third kappa shape index (κ3) is 6.53. The zero-order valence-electron chi connectivity index (χ0n) is 10.7. The van der Waals surface area contributed by atoms with Gasteiger partial charge in [-0.15, -0.1) is 0 Å². The van der Waals surface area contributed by atoms with Gasteiger partial charge in [0.15, 0.2) is 0 Å². The smallest absolute Gasteiger partial charge is 0.330 e. The fourth-order valence-corrected chi connectivity index (χ4v) is 2.56. The molecular weight excluding hydrogens is 271 g/mol. The number of nitrogens with two attached hydrogens (primary N) is 1. The van der Waals surface area contributed by atoms with E-state index in [9.17, 15) is 21.6 Å². The van der Waals surface area contributed by atoms with Crippen molar-refractivity contribution in [3.63, 3.8) is 0 Å². The summed E-state index contributed by atoms with van der Waals surface area (Å²) in [6.45, 7) is 3.85. The molecule has 0 bridgehead atoms. The summed E-state index contributed by atoms with van der Waals surface area (Å²) < 4.78 is 61.8. The number of nitrogens with one attached hydrogen (secondary N) is 1. The van der Waals surface area contributed by atoms with E-state index in [0.29, 0.717) is 0 Å². The fraction of sp³-hybridized carbons (Fsp3) is 1.00. The number of hydrogen-bond donors (Lipinski definition) is 2. The van der Waals surface area contributed by atoms with E-state index in [-0.39, 0.29) is 19.6 Å². The average molecular weight is 291 g/mol. The molecule has 9 heteroatoms. The van der Waals surface area contributed by atoms with Crippen molar-refractivity contribution in [1.29, 1.82) is 0 Å². The number of alkyl halides is 3. The highest BCUT2D eigenvalue weighted by molar-refractivity contribution is 7.87. The van der Waals surface area contributed by atoms with E-state index in [0.717, 1.165) is 4.31 Å². The van der Waals surface area contributed by atoms with Gasteiger partial charge in [0.2, 0.25) is 0 Å². The average Bonchev–Trinajstić information content (AvgIpc) is 2.22. The van der Waals surface area contributed by atoms with E-state index in [2.05, 4.69) is 0 Å². The molecule has 0 rings (SSSR count). The highest BCUT2D eigenvalue weighted by atomic mass is 32.2. The number of hydrogen-bond acceptors (Lipinski definition) is 3. The van der Waals surface area contributed by atoms with E-state index in [1.807, 2.05) is 0 Å². The molecule has 0 aliphatic heterocycles. The zero-order chi connectivity index (χ0) is 14.6. The Hall–Kier alpha value is -0.380. The fourth-order valence-electron chi connectivity index (χ4n) is 1.17. The summed E-state index contributed by atoms with van der Waals surface area (Å²) in [5, 5.41) is 0. The Morgan fingerprint density at radius 2 is 1.78 bits per heavy atom. The number of nitrogens with zero attached hydrogens (tertiary/aromatic N) is 1. The van der Waals surface area contributed by atoms with Crippen LogP contribution < -0.4 is 10.5 Å². The maximum atomic E-state index is 12.0. The molecule has 0 aromatic carbocycles. The molecule has 110 valence electrons. The minimum Gasteiger partial charge on any atom is -0.330 e. The summed E-state index contributed by atoms with van der Waals surface area (Å²) in [6.07, 6.45) is -4.57. The molecule has 0 aliphatic rings. The molecule has 0 saturated carbocycles. The van der Waals surface area contributed by atoms with Crippen LogP contribution >= 0.6 is 0 Å². The van der Waals surface area contributed by atoms with E-state index in [4.69, 9.17) is 5.73 Å². The van der Waals surface area contributed by atoms with Crippen LogP contribution in [0.1, 0.15) is 20.8 Å². The van der Waals surface area contributed by atoms with Gasteiger partial charge in [-0.2, -0.15) is 30.6 Å². The summed E-state index contributed by atoms with van der Waals surface area (Å²) in [5.74, 6) is 0. The quantitative estimate of drug-likeness (QED) is 0.724. The van der Waals surface area contributed by atoms with Gasteiger partial charge >= 0.3 is 6.18 Å². The van der Waals surface area contributed by atoms with Crippen LogP contribution in [0.2, 0.25) is 0 Å². The predicted octanol–water partition coefficient (Wildman–Crippen LogP) is 0.690. The molecule has 0 aromatic heterocycles. The Morgan fingerprint density at radius 1 is 1.28 bits per heavy atom. The van der Waals surface area contributed by atoms with Crippen LogP contribution in [-0.4, -0.2) is 45.1 Å². The van der Waals surface area contributed by atoms with Gasteiger partial charge < -0.3 is 5.73 Å². The lowest BCUT2D eigenvalue weighted by Crippen LogP contribution is -2.48. The van der Waals surface area contributed by atoms with Gasteiger partial charge in [-0.25, -0.2) is 0 Å². The minimum atomic E-state index is -4.57. The molecule has 0 amide bonds. The molecule has 0 saturated heterocycles. The van der Waals surface area contributed by atoms with Crippen LogP contribution in [0, 0.1) is 5.41 Å². The van der Waals surface area contributed by atoms with Gasteiger partial charge in [0.1, 0.15) is 6.54 Å².